The van der Waals surface area contributed by atoms with Gasteiger partial charge in [-0.1, -0.05) is 31.5 Å². The molecule has 0 bridgehead atoms. The smallest absolute Gasteiger partial charge is 0.125 e. The minimum Gasteiger partial charge on any atom is -0.493 e. The van der Waals surface area contributed by atoms with E-state index in [-0.39, 0.29) is 6.61 Å². The Morgan fingerprint density at radius 3 is 2.75 bits per heavy atom. The van der Waals surface area contributed by atoms with Crippen LogP contribution in [-0.2, 0) is 6.54 Å². The van der Waals surface area contributed by atoms with Crippen molar-refractivity contribution >= 4 is 11.6 Å². The minimum atomic E-state index is 0.252. The highest BCUT2D eigenvalue weighted by molar-refractivity contribution is 6.31. The van der Waals surface area contributed by atoms with E-state index in [4.69, 9.17) is 21.4 Å². The Hall–Kier alpha value is -0.770. The molecule has 0 aliphatic carbocycles. The van der Waals surface area contributed by atoms with Crippen LogP contribution in [0.25, 0.3) is 0 Å². The summed E-state index contributed by atoms with van der Waals surface area (Å²) >= 11 is 6.25. The van der Waals surface area contributed by atoms with Crippen molar-refractivity contribution < 1.29 is 9.84 Å². The Morgan fingerprint density at radius 1 is 1.25 bits per heavy atom. The van der Waals surface area contributed by atoms with Crippen LogP contribution in [-0.4, -0.2) is 24.9 Å². The van der Waals surface area contributed by atoms with Gasteiger partial charge in [-0.3, -0.25) is 0 Å². The molecule has 0 spiro atoms. The fourth-order valence-electron chi connectivity index (χ4n) is 1.90. The number of benzene rings is 1. The normalized spacial score (nSPS) is 11.1. The van der Waals surface area contributed by atoms with E-state index >= 15 is 0 Å². The van der Waals surface area contributed by atoms with Gasteiger partial charge in [-0.05, 0) is 43.9 Å². The zero-order valence-electron chi connectivity index (χ0n) is 12.5. The molecule has 0 amide bonds. The second-order valence-corrected chi connectivity index (χ2v) is 5.78. The van der Waals surface area contributed by atoms with Gasteiger partial charge in [-0.15, -0.1) is 0 Å². The molecule has 0 saturated heterocycles. The third kappa shape index (κ3) is 6.60. The number of aliphatic hydroxyl groups excluding tert-OH is 1. The van der Waals surface area contributed by atoms with Crippen molar-refractivity contribution in [1.29, 1.82) is 0 Å². The lowest BCUT2D eigenvalue weighted by molar-refractivity contribution is 0.265. The molecule has 0 aromatic heterocycles. The average Bonchev–Trinajstić information content (AvgIpc) is 2.41. The van der Waals surface area contributed by atoms with E-state index in [9.17, 15) is 0 Å². The molecular formula is C16H26ClNO2. The lowest BCUT2D eigenvalue weighted by Gasteiger charge is -2.14. The van der Waals surface area contributed by atoms with Crippen LogP contribution in [0.5, 0.6) is 5.75 Å². The van der Waals surface area contributed by atoms with Crippen LogP contribution in [0.2, 0.25) is 5.02 Å². The quantitative estimate of drug-likeness (QED) is 0.648. The Bertz CT molecular complexity index is 383. The van der Waals surface area contributed by atoms with Gasteiger partial charge in [-0.2, -0.15) is 0 Å². The summed E-state index contributed by atoms with van der Waals surface area (Å²) in [6, 6.07) is 5.77. The van der Waals surface area contributed by atoms with Gasteiger partial charge in [0.15, 0.2) is 0 Å². The largest absolute Gasteiger partial charge is 0.493 e. The first kappa shape index (κ1) is 17.3. The Kier molecular flexibility index (Phi) is 8.67. The molecule has 3 nitrogen and oxygen atoms in total. The van der Waals surface area contributed by atoms with Crippen LogP contribution in [0, 0.1) is 5.92 Å². The first-order chi connectivity index (χ1) is 9.65. The standard InChI is InChI=1S/C16H26ClNO2/c1-13(2)11-18-12-14-15(17)7-6-8-16(14)20-10-5-3-4-9-19/h6-8,13,18-19H,3-5,9-12H2,1-2H3. The van der Waals surface area contributed by atoms with Crippen molar-refractivity contribution in [2.24, 2.45) is 5.92 Å². The number of unbranched alkanes of at least 4 members (excludes halogenated alkanes) is 2. The number of aliphatic hydroxyl groups is 1. The molecule has 114 valence electrons. The van der Waals surface area contributed by atoms with Crippen LogP contribution in [0.1, 0.15) is 38.7 Å². The number of rotatable bonds is 10. The summed E-state index contributed by atoms with van der Waals surface area (Å²) in [4.78, 5) is 0. The van der Waals surface area contributed by atoms with Crippen LogP contribution >= 0.6 is 11.6 Å². The van der Waals surface area contributed by atoms with Gasteiger partial charge in [0.05, 0.1) is 6.61 Å². The van der Waals surface area contributed by atoms with E-state index in [0.29, 0.717) is 12.5 Å². The maximum Gasteiger partial charge on any atom is 0.125 e. The van der Waals surface area contributed by atoms with E-state index in [0.717, 1.165) is 48.7 Å². The summed E-state index contributed by atoms with van der Waals surface area (Å²) in [7, 11) is 0. The molecule has 4 heteroatoms. The van der Waals surface area contributed by atoms with Crippen molar-refractivity contribution in [2.45, 2.75) is 39.7 Å². The number of nitrogens with one attached hydrogen (secondary N) is 1. The summed E-state index contributed by atoms with van der Waals surface area (Å²) in [5.74, 6) is 1.47. The zero-order chi connectivity index (χ0) is 14.8. The Morgan fingerprint density at radius 2 is 2.05 bits per heavy atom. The fourth-order valence-corrected chi connectivity index (χ4v) is 2.14. The monoisotopic (exact) mass is 299 g/mol. The molecule has 0 fully saturated rings. The predicted octanol–water partition coefficient (Wildman–Crippen LogP) is 3.63. The molecule has 0 aliphatic rings. The van der Waals surface area contributed by atoms with E-state index in [1.165, 1.54) is 0 Å². The van der Waals surface area contributed by atoms with Gasteiger partial charge < -0.3 is 15.2 Å². The highest BCUT2D eigenvalue weighted by Gasteiger charge is 2.08. The van der Waals surface area contributed by atoms with Crippen LogP contribution < -0.4 is 10.1 Å². The van der Waals surface area contributed by atoms with E-state index in [1.807, 2.05) is 18.2 Å². The van der Waals surface area contributed by atoms with Crippen molar-refractivity contribution in [3.8, 4) is 5.75 Å². The van der Waals surface area contributed by atoms with Crippen molar-refractivity contribution in [3.05, 3.63) is 28.8 Å². The maximum atomic E-state index is 8.74. The summed E-state index contributed by atoms with van der Waals surface area (Å²) in [6.07, 6.45) is 2.77. The second-order valence-electron chi connectivity index (χ2n) is 5.37. The van der Waals surface area contributed by atoms with Gasteiger partial charge in [0.25, 0.3) is 0 Å². The molecule has 20 heavy (non-hydrogen) atoms. The number of ether oxygens (including phenoxy) is 1. The molecule has 0 heterocycles. The van der Waals surface area contributed by atoms with Crippen LogP contribution in [0.4, 0.5) is 0 Å². The SMILES string of the molecule is CC(C)CNCc1c(Cl)cccc1OCCCCCO. The van der Waals surface area contributed by atoms with Crippen molar-refractivity contribution in [1.82, 2.24) is 5.32 Å². The lowest BCUT2D eigenvalue weighted by Crippen LogP contribution is -2.19. The van der Waals surface area contributed by atoms with Gasteiger partial charge >= 0.3 is 0 Å². The molecule has 2 N–H and O–H groups in total. The third-order valence-corrected chi connectivity index (χ3v) is 3.34. The molecule has 0 atom stereocenters. The summed E-state index contributed by atoms with van der Waals surface area (Å²) in [5, 5.41) is 12.9. The van der Waals surface area contributed by atoms with Gasteiger partial charge in [-0.25, -0.2) is 0 Å². The van der Waals surface area contributed by atoms with Crippen LogP contribution in [0.3, 0.4) is 0 Å². The fraction of sp³-hybridized carbons (Fsp3) is 0.625. The topological polar surface area (TPSA) is 41.5 Å². The number of hydrogen-bond acceptors (Lipinski definition) is 3. The first-order valence-corrected chi connectivity index (χ1v) is 7.74. The lowest BCUT2D eigenvalue weighted by atomic mass is 10.1. The van der Waals surface area contributed by atoms with Gasteiger partial charge in [0, 0.05) is 23.7 Å². The molecule has 0 aliphatic heterocycles. The summed E-state index contributed by atoms with van der Waals surface area (Å²) in [6.45, 7) is 6.96. The van der Waals surface area contributed by atoms with E-state index in [2.05, 4.69) is 19.2 Å². The Balaban J connectivity index is 2.49. The van der Waals surface area contributed by atoms with Crippen molar-refractivity contribution in [3.63, 3.8) is 0 Å². The summed E-state index contributed by atoms with van der Waals surface area (Å²) in [5.41, 5.74) is 1.02. The first-order valence-electron chi connectivity index (χ1n) is 7.37. The van der Waals surface area contributed by atoms with Crippen LogP contribution in [0.15, 0.2) is 18.2 Å². The molecule has 0 unspecified atom stereocenters. The second kappa shape index (κ2) is 10.0. The molecule has 0 radical (unpaired) electrons. The van der Waals surface area contributed by atoms with Gasteiger partial charge in [0.2, 0.25) is 0 Å². The molecule has 1 aromatic rings. The molecule has 1 aromatic carbocycles. The third-order valence-electron chi connectivity index (χ3n) is 2.99. The summed E-state index contributed by atoms with van der Waals surface area (Å²) < 4.78 is 5.82. The van der Waals surface area contributed by atoms with E-state index in [1.54, 1.807) is 0 Å². The highest BCUT2D eigenvalue weighted by Crippen LogP contribution is 2.26. The molecule has 1 rings (SSSR count). The molecule has 0 saturated carbocycles. The average molecular weight is 300 g/mol. The maximum absolute atomic E-state index is 8.74. The van der Waals surface area contributed by atoms with Gasteiger partial charge in [0.1, 0.15) is 5.75 Å². The number of hydrogen-bond donors (Lipinski definition) is 2. The minimum absolute atomic E-state index is 0.252. The number of halogens is 1. The van der Waals surface area contributed by atoms with E-state index < -0.39 is 0 Å². The molecular weight excluding hydrogens is 274 g/mol. The Labute approximate surface area is 127 Å². The van der Waals surface area contributed by atoms with Crippen molar-refractivity contribution in [2.75, 3.05) is 19.8 Å². The zero-order valence-corrected chi connectivity index (χ0v) is 13.2. The highest BCUT2D eigenvalue weighted by atomic mass is 35.5. The predicted molar refractivity (Wildman–Crippen MR) is 84.4 cm³/mol.